The number of hydrogen-bond donors (Lipinski definition) is 0. The molecule has 116 valence electrons. The lowest BCUT2D eigenvalue weighted by Crippen LogP contribution is -2.25. The zero-order chi connectivity index (χ0) is 15.4. The van der Waals surface area contributed by atoms with Crippen LogP contribution >= 0.6 is 0 Å². The minimum Gasteiger partial charge on any atom is -0.492 e. The number of para-hydroxylation sites is 1. The van der Waals surface area contributed by atoms with Crippen LogP contribution in [-0.4, -0.2) is 24.2 Å². The van der Waals surface area contributed by atoms with E-state index in [1.807, 2.05) is 12.1 Å². The molecule has 2 aromatic carbocycles. The fraction of sp³-hybridized carbons (Fsp3) is 0.368. The molecular weight excluding hydrogens is 274 g/mol. The van der Waals surface area contributed by atoms with Crippen LogP contribution in [-0.2, 0) is 13.1 Å². The highest BCUT2D eigenvalue weighted by Gasteiger charge is 2.15. The molecule has 1 aliphatic heterocycles. The Balaban J connectivity index is 1.71. The summed E-state index contributed by atoms with van der Waals surface area (Å²) in [5.74, 6) is 1.96. The van der Waals surface area contributed by atoms with Crippen LogP contribution in [0.3, 0.4) is 0 Å². The Morgan fingerprint density at radius 1 is 1.14 bits per heavy atom. The van der Waals surface area contributed by atoms with E-state index in [-0.39, 0.29) is 6.10 Å². The van der Waals surface area contributed by atoms with Crippen molar-refractivity contribution in [3.8, 4) is 11.5 Å². The number of hydrogen-bond acceptors (Lipinski definition) is 3. The quantitative estimate of drug-likeness (QED) is 0.855. The van der Waals surface area contributed by atoms with Gasteiger partial charge in [-0.1, -0.05) is 30.3 Å². The van der Waals surface area contributed by atoms with Gasteiger partial charge in [0.15, 0.2) is 0 Å². The van der Waals surface area contributed by atoms with Gasteiger partial charge in [0.1, 0.15) is 18.1 Å². The standard InChI is InChI=1S/C19H23NO2/c1-15(2)22-18-8-5-6-16(12-18)13-20-10-11-21-19-9-4-3-7-17(19)14-20/h3-9,12,15H,10-11,13-14H2,1-2H3. The second kappa shape index (κ2) is 6.84. The molecule has 0 atom stereocenters. The van der Waals surface area contributed by atoms with E-state index in [1.165, 1.54) is 11.1 Å². The molecule has 0 fully saturated rings. The van der Waals surface area contributed by atoms with Crippen LogP contribution in [0.5, 0.6) is 11.5 Å². The first-order chi connectivity index (χ1) is 10.7. The molecule has 0 saturated carbocycles. The van der Waals surface area contributed by atoms with E-state index in [9.17, 15) is 0 Å². The smallest absolute Gasteiger partial charge is 0.123 e. The van der Waals surface area contributed by atoms with Crippen molar-refractivity contribution in [1.29, 1.82) is 0 Å². The zero-order valence-corrected chi connectivity index (χ0v) is 13.3. The normalized spacial score (nSPS) is 15.0. The predicted molar refractivity (Wildman–Crippen MR) is 88.3 cm³/mol. The Morgan fingerprint density at radius 2 is 2.00 bits per heavy atom. The van der Waals surface area contributed by atoms with Gasteiger partial charge in [-0.3, -0.25) is 4.90 Å². The average Bonchev–Trinajstić information content (AvgIpc) is 2.68. The number of ether oxygens (including phenoxy) is 2. The van der Waals surface area contributed by atoms with Gasteiger partial charge in [-0.05, 0) is 37.6 Å². The van der Waals surface area contributed by atoms with E-state index >= 15 is 0 Å². The molecule has 3 rings (SSSR count). The first-order valence-electron chi connectivity index (χ1n) is 7.89. The molecule has 0 aliphatic carbocycles. The van der Waals surface area contributed by atoms with Crippen LogP contribution in [0.2, 0.25) is 0 Å². The summed E-state index contributed by atoms with van der Waals surface area (Å²) < 4.78 is 11.6. The van der Waals surface area contributed by atoms with Gasteiger partial charge in [-0.15, -0.1) is 0 Å². The Hall–Kier alpha value is -2.00. The maximum Gasteiger partial charge on any atom is 0.123 e. The van der Waals surface area contributed by atoms with Gasteiger partial charge in [0.2, 0.25) is 0 Å². The molecule has 0 bridgehead atoms. The van der Waals surface area contributed by atoms with Gasteiger partial charge >= 0.3 is 0 Å². The molecular formula is C19H23NO2. The third kappa shape index (κ3) is 3.80. The van der Waals surface area contributed by atoms with Crippen molar-refractivity contribution in [2.45, 2.75) is 33.0 Å². The Kier molecular flexibility index (Phi) is 4.64. The van der Waals surface area contributed by atoms with Crippen molar-refractivity contribution in [2.75, 3.05) is 13.2 Å². The third-order valence-corrected chi connectivity index (χ3v) is 3.71. The summed E-state index contributed by atoms with van der Waals surface area (Å²) in [7, 11) is 0. The Bertz CT molecular complexity index is 624. The molecule has 3 nitrogen and oxygen atoms in total. The topological polar surface area (TPSA) is 21.7 Å². The van der Waals surface area contributed by atoms with Crippen molar-refractivity contribution in [2.24, 2.45) is 0 Å². The van der Waals surface area contributed by atoms with Crippen LogP contribution in [0.25, 0.3) is 0 Å². The van der Waals surface area contributed by atoms with E-state index in [0.29, 0.717) is 0 Å². The SMILES string of the molecule is CC(C)Oc1cccc(CN2CCOc3ccccc3C2)c1. The van der Waals surface area contributed by atoms with E-state index in [4.69, 9.17) is 9.47 Å². The molecule has 22 heavy (non-hydrogen) atoms. The minimum absolute atomic E-state index is 0.203. The fourth-order valence-electron chi connectivity index (χ4n) is 2.76. The second-order valence-electron chi connectivity index (χ2n) is 5.98. The molecule has 0 aromatic heterocycles. The van der Waals surface area contributed by atoms with Crippen molar-refractivity contribution in [3.05, 3.63) is 59.7 Å². The van der Waals surface area contributed by atoms with Crippen molar-refractivity contribution < 1.29 is 9.47 Å². The molecule has 1 heterocycles. The lowest BCUT2D eigenvalue weighted by molar-refractivity contribution is 0.218. The van der Waals surface area contributed by atoms with Gasteiger partial charge in [0.05, 0.1) is 6.10 Å². The summed E-state index contributed by atoms with van der Waals surface area (Å²) in [5, 5.41) is 0. The Morgan fingerprint density at radius 3 is 2.86 bits per heavy atom. The summed E-state index contributed by atoms with van der Waals surface area (Å²) in [5.41, 5.74) is 2.53. The van der Waals surface area contributed by atoms with Crippen molar-refractivity contribution in [1.82, 2.24) is 4.90 Å². The van der Waals surface area contributed by atoms with Crippen LogP contribution < -0.4 is 9.47 Å². The van der Waals surface area contributed by atoms with Gasteiger partial charge < -0.3 is 9.47 Å². The van der Waals surface area contributed by atoms with E-state index in [2.05, 4.69) is 55.1 Å². The van der Waals surface area contributed by atoms with E-state index < -0.39 is 0 Å². The highest BCUT2D eigenvalue weighted by Crippen LogP contribution is 2.24. The number of benzene rings is 2. The monoisotopic (exact) mass is 297 g/mol. The maximum absolute atomic E-state index is 5.83. The van der Waals surface area contributed by atoms with Crippen molar-refractivity contribution in [3.63, 3.8) is 0 Å². The summed E-state index contributed by atoms with van der Waals surface area (Å²) in [6.45, 7) is 7.60. The molecule has 2 aromatic rings. The minimum atomic E-state index is 0.203. The van der Waals surface area contributed by atoms with Crippen LogP contribution in [0, 0.1) is 0 Å². The molecule has 3 heteroatoms. The molecule has 0 radical (unpaired) electrons. The summed E-state index contributed by atoms with van der Waals surface area (Å²) in [4.78, 5) is 2.42. The zero-order valence-electron chi connectivity index (χ0n) is 13.3. The van der Waals surface area contributed by atoms with Crippen LogP contribution in [0.4, 0.5) is 0 Å². The van der Waals surface area contributed by atoms with Gasteiger partial charge in [-0.2, -0.15) is 0 Å². The van der Waals surface area contributed by atoms with E-state index in [0.717, 1.165) is 37.7 Å². The van der Waals surface area contributed by atoms with E-state index in [1.54, 1.807) is 0 Å². The van der Waals surface area contributed by atoms with Gasteiger partial charge in [0.25, 0.3) is 0 Å². The fourth-order valence-corrected chi connectivity index (χ4v) is 2.76. The van der Waals surface area contributed by atoms with Crippen LogP contribution in [0.15, 0.2) is 48.5 Å². The predicted octanol–water partition coefficient (Wildman–Crippen LogP) is 3.87. The van der Waals surface area contributed by atoms with Crippen LogP contribution in [0.1, 0.15) is 25.0 Å². The molecule has 0 amide bonds. The lowest BCUT2D eigenvalue weighted by atomic mass is 10.1. The molecule has 0 saturated heterocycles. The molecule has 0 spiro atoms. The second-order valence-corrected chi connectivity index (χ2v) is 5.98. The molecule has 0 unspecified atom stereocenters. The maximum atomic E-state index is 5.83. The van der Waals surface area contributed by atoms with Crippen molar-refractivity contribution >= 4 is 0 Å². The molecule has 1 aliphatic rings. The average molecular weight is 297 g/mol. The van der Waals surface area contributed by atoms with Gasteiger partial charge in [-0.25, -0.2) is 0 Å². The first-order valence-corrected chi connectivity index (χ1v) is 7.89. The largest absolute Gasteiger partial charge is 0.492 e. The summed E-state index contributed by atoms with van der Waals surface area (Å²) >= 11 is 0. The highest BCUT2D eigenvalue weighted by molar-refractivity contribution is 5.34. The first kappa shape index (κ1) is 14.9. The third-order valence-electron chi connectivity index (χ3n) is 3.71. The molecule has 0 N–H and O–H groups in total. The summed E-state index contributed by atoms with van der Waals surface area (Å²) in [6, 6.07) is 16.7. The lowest BCUT2D eigenvalue weighted by Gasteiger charge is -2.20. The number of nitrogens with zero attached hydrogens (tertiary/aromatic N) is 1. The summed E-state index contributed by atoms with van der Waals surface area (Å²) in [6.07, 6.45) is 0.203. The Labute approximate surface area is 132 Å². The van der Waals surface area contributed by atoms with Gasteiger partial charge in [0, 0.05) is 25.2 Å². The number of fused-ring (bicyclic) bond motifs is 1. The highest BCUT2D eigenvalue weighted by atomic mass is 16.5. The number of rotatable bonds is 4.